The number of rotatable bonds is 1. The molecule has 0 aromatic heterocycles. The molecule has 1 aromatic rings. The van der Waals surface area contributed by atoms with Crippen LogP contribution in [0.2, 0.25) is 10.0 Å². The average molecular weight is 239 g/mol. The molecule has 0 N–H and O–H groups in total. The lowest BCUT2D eigenvalue weighted by Gasteiger charge is -2.13. The second-order valence-corrected chi connectivity index (χ2v) is 4.21. The van der Waals surface area contributed by atoms with E-state index in [1.54, 1.807) is 13.8 Å². The van der Waals surface area contributed by atoms with Crippen molar-refractivity contribution < 1.29 is 8.78 Å². The van der Waals surface area contributed by atoms with Crippen molar-refractivity contribution in [3.63, 3.8) is 0 Å². The van der Waals surface area contributed by atoms with Crippen LogP contribution in [0.3, 0.4) is 0 Å². The van der Waals surface area contributed by atoms with E-state index in [2.05, 4.69) is 0 Å². The van der Waals surface area contributed by atoms with E-state index in [-0.39, 0.29) is 27.1 Å². The highest BCUT2D eigenvalue weighted by atomic mass is 35.5. The highest BCUT2D eigenvalue weighted by molar-refractivity contribution is 6.42. The minimum absolute atomic E-state index is 0.0257. The van der Waals surface area contributed by atoms with E-state index in [1.165, 1.54) is 6.92 Å². The molecule has 1 aromatic carbocycles. The average Bonchev–Trinajstić information content (AvgIpc) is 2.11. The van der Waals surface area contributed by atoms with Gasteiger partial charge in [-0.05, 0) is 12.8 Å². The molecule has 14 heavy (non-hydrogen) atoms. The van der Waals surface area contributed by atoms with Gasteiger partial charge in [-0.2, -0.15) is 0 Å². The Morgan fingerprint density at radius 2 is 1.50 bits per heavy atom. The SMILES string of the molecule is Cc1c(F)c(Cl)c(Cl)c(C(C)C)c1F. The number of benzene rings is 1. The first-order chi connectivity index (χ1) is 6.37. The molecule has 0 nitrogen and oxygen atoms in total. The van der Waals surface area contributed by atoms with E-state index in [0.717, 1.165) is 0 Å². The molecular weight excluding hydrogens is 229 g/mol. The Bertz CT molecular complexity index is 344. The monoisotopic (exact) mass is 238 g/mol. The van der Waals surface area contributed by atoms with Gasteiger partial charge in [0, 0.05) is 11.1 Å². The van der Waals surface area contributed by atoms with Crippen molar-refractivity contribution in [1.82, 2.24) is 0 Å². The van der Waals surface area contributed by atoms with Crippen molar-refractivity contribution in [2.45, 2.75) is 26.7 Å². The van der Waals surface area contributed by atoms with Crippen LogP contribution in [0.4, 0.5) is 8.78 Å². The Balaban J connectivity index is 3.60. The van der Waals surface area contributed by atoms with Crippen LogP contribution in [0.1, 0.15) is 30.9 Å². The fourth-order valence-electron chi connectivity index (χ4n) is 1.28. The van der Waals surface area contributed by atoms with Crippen molar-refractivity contribution in [2.24, 2.45) is 0 Å². The molecule has 0 saturated carbocycles. The van der Waals surface area contributed by atoms with Crippen LogP contribution >= 0.6 is 23.2 Å². The van der Waals surface area contributed by atoms with E-state index in [1.807, 2.05) is 0 Å². The van der Waals surface area contributed by atoms with Crippen LogP contribution < -0.4 is 0 Å². The first kappa shape index (κ1) is 11.7. The molecule has 0 saturated heterocycles. The summed E-state index contributed by atoms with van der Waals surface area (Å²) in [4.78, 5) is 0. The molecule has 1 rings (SSSR count). The van der Waals surface area contributed by atoms with Crippen molar-refractivity contribution in [1.29, 1.82) is 0 Å². The van der Waals surface area contributed by atoms with E-state index in [4.69, 9.17) is 23.2 Å². The molecule has 4 heteroatoms. The van der Waals surface area contributed by atoms with Gasteiger partial charge in [0.25, 0.3) is 0 Å². The summed E-state index contributed by atoms with van der Waals surface area (Å²) < 4.78 is 26.8. The topological polar surface area (TPSA) is 0 Å². The van der Waals surface area contributed by atoms with Crippen LogP contribution in [0.5, 0.6) is 0 Å². The van der Waals surface area contributed by atoms with Crippen LogP contribution in [-0.4, -0.2) is 0 Å². The fraction of sp³-hybridized carbons (Fsp3) is 0.400. The van der Waals surface area contributed by atoms with Gasteiger partial charge in [-0.25, -0.2) is 8.78 Å². The Kier molecular flexibility index (Phi) is 3.38. The molecule has 0 aliphatic heterocycles. The summed E-state index contributed by atoms with van der Waals surface area (Å²) in [6, 6.07) is 0. The molecule has 0 fully saturated rings. The third-order valence-corrected chi connectivity index (χ3v) is 2.94. The smallest absolute Gasteiger partial charge is 0.149 e. The highest BCUT2D eigenvalue weighted by Gasteiger charge is 2.21. The van der Waals surface area contributed by atoms with E-state index in [0.29, 0.717) is 0 Å². The third-order valence-electron chi connectivity index (χ3n) is 2.09. The maximum atomic E-state index is 13.6. The molecule has 0 heterocycles. The van der Waals surface area contributed by atoms with Crippen molar-refractivity contribution in [2.75, 3.05) is 0 Å². The Morgan fingerprint density at radius 1 is 1.00 bits per heavy atom. The van der Waals surface area contributed by atoms with Gasteiger partial charge in [0.1, 0.15) is 11.6 Å². The van der Waals surface area contributed by atoms with Gasteiger partial charge in [0.05, 0.1) is 10.0 Å². The highest BCUT2D eigenvalue weighted by Crippen LogP contribution is 2.37. The summed E-state index contributed by atoms with van der Waals surface area (Å²) >= 11 is 11.4. The Labute approximate surface area is 91.8 Å². The zero-order valence-corrected chi connectivity index (χ0v) is 9.60. The summed E-state index contributed by atoms with van der Waals surface area (Å²) in [6.07, 6.45) is 0. The van der Waals surface area contributed by atoms with Crippen LogP contribution in [0.25, 0.3) is 0 Å². The summed E-state index contributed by atoms with van der Waals surface area (Å²) in [5, 5.41) is -0.225. The van der Waals surface area contributed by atoms with Gasteiger partial charge in [-0.1, -0.05) is 37.0 Å². The summed E-state index contributed by atoms with van der Waals surface area (Å²) in [7, 11) is 0. The van der Waals surface area contributed by atoms with Gasteiger partial charge < -0.3 is 0 Å². The Hall–Kier alpha value is -0.340. The van der Waals surface area contributed by atoms with Gasteiger partial charge in [0.15, 0.2) is 0 Å². The maximum Gasteiger partial charge on any atom is 0.149 e. The second-order valence-electron chi connectivity index (χ2n) is 3.45. The summed E-state index contributed by atoms with van der Waals surface area (Å²) in [6.45, 7) is 4.90. The predicted octanol–water partition coefficient (Wildman–Crippen LogP) is 4.70. The van der Waals surface area contributed by atoms with Crippen molar-refractivity contribution >= 4 is 23.2 Å². The summed E-state index contributed by atoms with van der Waals surface area (Å²) in [5.74, 6) is -1.51. The van der Waals surface area contributed by atoms with Gasteiger partial charge in [-0.15, -0.1) is 0 Å². The first-order valence-corrected chi connectivity index (χ1v) is 4.96. The summed E-state index contributed by atoms with van der Waals surface area (Å²) in [5.41, 5.74) is 0.193. The van der Waals surface area contributed by atoms with E-state index < -0.39 is 11.6 Å². The molecule has 0 radical (unpaired) electrons. The predicted molar refractivity (Wildman–Crippen MR) is 55.2 cm³/mol. The number of hydrogen-bond acceptors (Lipinski definition) is 0. The number of halogens is 4. The normalized spacial score (nSPS) is 11.1. The van der Waals surface area contributed by atoms with Crippen LogP contribution in [-0.2, 0) is 0 Å². The molecule has 0 atom stereocenters. The molecule has 0 aliphatic carbocycles. The van der Waals surface area contributed by atoms with Crippen molar-refractivity contribution in [3.8, 4) is 0 Å². The van der Waals surface area contributed by atoms with Gasteiger partial charge in [0.2, 0.25) is 0 Å². The lowest BCUT2D eigenvalue weighted by Crippen LogP contribution is -2.01. The quantitative estimate of drug-likeness (QED) is 0.492. The molecule has 0 unspecified atom stereocenters. The van der Waals surface area contributed by atoms with Crippen LogP contribution in [0.15, 0.2) is 0 Å². The lowest BCUT2D eigenvalue weighted by atomic mass is 10.00. The van der Waals surface area contributed by atoms with E-state index >= 15 is 0 Å². The molecule has 0 aliphatic rings. The maximum absolute atomic E-state index is 13.6. The first-order valence-electron chi connectivity index (χ1n) is 4.20. The van der Waals surface area contributed by atoms with Gasteiger partial charge >= 0.3 is 0 Å². The second kappa shape index (κ2) is 4.03. The fourth-order valence-corrected chi connectivity index (χ4v) is 1.91. The molecule has 78 valence electrons. The largest absolute Gasteiger partial charge is 0.206 e. The molecule has 0 spiro atoms. The lowest BCUT2D eigenvalue weighted by molar-refractivity contribution is 0.551. The van der Waals surface area contributed by atoms with E-state index in [9.17, 15) is 8.78 Å². The molecule has 0 bridgehead atoms. The van der Waals surface area contributed by atoms with Crippen LogP contribution in [0, 0.1) is 18.6 Å². The molecule has 0 amide bonds. The number of hydrogen-bond donors (Lipinski definition) is 0. The zero-order valence-electron chi connectivity index (χ0n) is 8.09. The standard InChI is InChI=1S/C10H10Cl2F2/c1-4(2)6-7(11)8(12)10(14)5(3)9(6)13/h4H,1-3H3. The Morgan fingerprint density at radius 3 is 1.93 bits per heavy atom. The minimum Gasteiger partial charge on any atom is -0.206 e. The zero-order chi connectivity index (χ0) is 11.0. The van der Waals surface area contributed by atoms with Crippen molar-refractivity contribution in [3.05, 3.63) is 32.8 Å². The third kappa shape index (κ3) is 1.73. The minimum atomic E-state index is -0.779. The molecular formula is C10H10Cl2F2. The van der Waals surface area contributed by atoms with Gasteiger partial charge in [-0.3, -0.25) is 0 Å².